The first-order chi connectivity index (χ1) is 14.0. The third-order valence-corrected chi connectivity index (χ3v) is 4.34. The highest BCUT2D eigenvalue weighted by Crippen LogP contribution is 2.28. The molecule has 0 spiro atoms. The third kappa shape index (κ3) is 5.12. The molecule has 5 nitrogen and oxygen atoms in total. The summed E-state index contributed by atoms with van der Waals surface area (Å²) >= 11 is 6.09. The van der Waals surface area contributed by atoms with Gasteiger partial charge >= 0.3 is 5.97 Å². The Hall–Kier alpha value is -3.38. The summed E-state index contributed by atoms with van der Waals surface area (Å²) in [5.74, 6) is -1.52. The van der Waals surface area contributed by atoms with Gasteiger partial charge in [0.25, 0.3) is 5.91 Å². The zero-order valence-electron chi connectivity index (χ0n) is 15.4. The number of nitrogens with one attached hydrogen (secondary N) is 1. The van der Waals surface area contributed by atoms with Crippen LogP contribution in [0.15, 0.2) is 72.8 Å². The van der Waals surface area contributed by atoms with Crippen molar-refractivity contribution >= 4 is 29.2 Å². The van der Waals surface area contributed by atoms with Crippen LogP contribution in [0.2, 0.25) is 5.02 Å². The van der Waals surface area contributed by atoms with E-state index in [1.165, 1.54) is 31.4 Å². The van der Waals surface area contributed by atoms with Crippen molar-refractivity contribution in [1.82, 2.24) is 0 Å². The molecule has 1 unspecified atom stereocenters. The number of rotatable bonds is 6. The van der Waals surface area contributed by atoms with Crippen LogP contribution < -0.4 is 10.1 Å². The van der Waals surface area contributed by atoms with Gasteiger partial charge in [0.05, 0.1) is 17.7 Å². The maximum Gasteiger partial charge on any atom is 0.339 e. The Morgan fingerprint density at radius 3 is 2.41 bits per heavy atom. The van der Waals surface area contributed by atoms with Crippen molar-refractivity contribution in [3.05, 3.63) is 94.8 Å². The van der Waals surface area contributed by atoms with E-state index in [0.717, 1.165) is 6.07 Å². The lowest BCUT2D eigenvalue weighted by atomic mass is 10.1. The number of amides is 1. The highest BCUT2D eigenvalue weighted by atomic mass is 35.5. The number of ether oxygens (including phenoxy) is 2. The van der Waals surface area contributed by atoms with Gasteiger partial charge in [-0.3, -0.25) is 4.79 Å². The van der Waals surface area contributed by atoms with E-state index < -0.39 is 23.8 Å². The maximum absolute atomic E-state index is 13.4. The number of hydrogen-bond acceptors (Lipinski definition) is 4. The summed E-state index contributed by atoms with van der Waals surface area (Å²) in [4.78, 5) is 25.3. The zero-order chi connectivity index (χ0) is 20.8. The van der Waals surface area contributed by atoms with E-state index in [0.29, 0.717) is 22.0 Å². The normalized spacial score (nSPS) is 11.4. The van der Waals surface area contributed by atoms with Gasteiger partial charge in [0.1, 0.15) is 11.6 Å². The molecule has 3 aromatic rings. The average molecular weight is 414 g/mol. The van der Waals surface area contributed by atoms with Gasteiger partial charge in [-0.05, 0) is 36.4 Å². The molecule has 0 bridgehead atoms. The van der Waals surface area contributed by atoms with Crippen molar-refractivity contribution in [1.29, 1.82) is 0 Å². The average Bonchev–Trinajstić information content (AvgIpc) is 2.72. The monoisotopic (exact) mass is 413 g/mol. The lowest BCUT2D eigenvalue weighted by Gasteiger charge is -2.18. The van der Waals surface area contributed by atoms with Gasteiger partial charge in [0, 0.05) is 11.3 Å². The van der Waals surface area contributed by atoms with Crippen molar-refractivity contribution in [2.24, 2.45) is 0 Å². The Balaban J connectivity index is 1.84. The summed E-state index contributed by atoms with van der Waals surface area (Å²) in [6.07, 6.45) is -1.24. The number of carbonyl (C=O) groups is 2. The van der Waals surface area contributed by atoms with E-state index in [1.807, 2.05) is 0 Å². The van der Waals surface area contributed by atoms with Gasteiger partial charge in [0.15, 0.2) is 0 Å². The number of esters is 1. The molecule has 3 rings (SSSR count). The lowest BCUT2D eigenvalue weighted by molar-refractivity contribution is -0.125. The van der Waals surface area contributed by atoms with Gasteiger partial charge in [-0.25, -0.2) is 9.18 Å². The predicted molar refractivity (Wildman–Crippen MR) is 108 cm³/mol. The molecule has 7 heteroatoms. The van der Waals surface area contributed by atoms with Gasteiger partial charge in [-0.1, -0.05) is 48.0 Å². The molecular formula is C22H17ClFNO4. The van der Waals surface area contributed by atoms with Crippen LogP contribution in [0.1, 0.15) is 22.0 Å². The van der Waals surface area contributed by atoms with Gasteiger partial charge in [-0.15, -0.1) is 0 Å². The molecule has 0 heterocycles. The summed E-state index contributed by atoms with van der Waals surface area (Å²) < 4.78 is 23.9. The molecule has 29 heavy (non-hydrogen) atoms. The van der Waals surface area contributed by atoms with Gasteiger partial charge in [0.2, 0.25) is 6.10 Å². The summed E-state index contributed by atoms with van der Waals surface area (Å²) in [5, 5.41) is 2.99. The van der Waals surface area contributed by atoms with Crippen LogP contribution in [0.3, 0.4) is 0 Å². The first-order valence-corrected chi connectivity index (χ1v) is 9.01. The topological polar surface area (TPSA) is 64.6 Å². The van der Waals surface area contributed by atoms with Gasteiger partial charge < -0.3 is 14.8 Å². The molecule has 1 atom stereocenters. The number of hydrogen-bond donors (Lipinski definition) is 1. The zero-order valence-corrected chi connectivity index (χ0v) is 16.2. The van der Waals surface area contributed by atoms with E-state index >= 15 is 0 Å². The minimum absolute atomic E-state index is 0.00576. The number of carbonyl (C=O) groups excluding carboxylic acids is 2. The number of halogens is 2. The molecule has 3 aromatic carbocycles. The molecule has 0 radical (unpaired) electrons. The van der Waals surface area contributed by atoms with Crippen molar-refractivity contribution in [2.45, 2.75) is 6.10 Å². The Labute approximate surface area is 172 Å². The minimum atomic E-state index is -1.24. The number of benzene rings is 3. The largest absolute Gasteiger partial charge is 0.495 e. The standard InChI is InChI=1S/C22H17ClFNO4/c1-28-19-11-10-17(13-18(19)23)25-21(26)20(14-6-3-2-4-7-14)29-22(27)15-8-5-9-16(24)12-15/h2-13,20H,1H3,(H,25,26). The second-order valence-electron chi connectivity index (χ2n) is 6.04. The second kappa shape index (κ2) is 9.21. The van der Waals surface area contributed by atoms with Crippen LogP contribution in [0.4, 0.5) is 10.1 Å². The Bertz CT molecular complexity index is 1030. The fourth-order valence-electron chi connectivity index (χ4n) is 2.64. The van der Waals surface area contributed by atoms with E-state index in [9.17, 15) is 14.0 Å². The summed E-state index contributed by atoms with van der Waals surface area (Å²) in [6, 6.07) is 18.3. The highest BCUT2D eigenvalue weighted by molar-refractivity contribution is 6.32. The third-order valence-electron chi connectivity index (χ3n) is 4.04. The van der Waals surface area contributed by atoms with E-state index in [2.05, 4.69) is 5.32 Å². The number of methoxy groups -OCH3 is 1. The van der Waals surface area contributed by atoms with Gasteiger partial charge in [-0.2, -0.15) is 0 Å². The molecule has 1 amide bonds. The lowest BCUT2D eigenvalue weighted by Crippen LogP contribution is -2.26. The molecule has 148 valence electrons. The quantitative estimate of drug-likeness (QED) is 0.576. The van der Waals surface area contributed by atoms with Crippen LogP contribution in [0.5, 0.6) is 5.75 Å². The molecule has 0 saturated carbocycles. The Morgan fingerprint density at radius 1 is 1.00 bits per heavy atom. The molecule has 0 aliphatic rings. The summed E-state index contributed by atoms with van der Waals surface area (Å²) in [7, 11) is 1.48. The van der Waals surface area contributed by atoms with E-state index in [1.54, 1.807) is 42.5 Å². The van der Waals surface area contributed by atoms with Crippen LogP contribution in [0.25, 0.3) is 0 Å². The summed E-state index contributed by atoms with van der Waals surface area (Å²) in [5.41, 5.74) is 0.879. The molecule has 0 aliphatic carbocycles. The Kier molecular flexibility index (Phi) is 6.46. The predicted octanol–water partition coefficient (Wildman–Crippen LogP) is 5.02. The van der Waals surface area contributed by atoms with Crippen molar-refractivity contribution in [3.63, 3.8) is 0 Å². The highest BCUT2D eigenvalue weighted by Gasteiger charge is 2.26. The fourth-order valence-corrected chi connectivity index (χ4v) is 2.90. The molecule has 1 N–H and O–H groups in total. The Morgan fingerprint density at radius 2 is 1.76 bits per heavy atom. The first kappa shape index (κ1) is 20.4. The fraction of sp³-hybridized carbons (Fsp3) is 0.0909. The molecule has 0 aromatic heterocycles. The molecular weight excluding hydrogens is 397 g/mol. The SMILES string of the molecule is COc1ccc(NC(=O)C(OC(=O)c2cccc(F)c2)c2ccccc2)cc1Cl. The van der Waals surface area contributed by atoms with Crippen molar-refractivity contribution in [3.8, 4) is 5.75 Å². The molecule has 0 saturated heterocycles. The van der Waals surface area contributed by atoms with Crippen LogP contribution in [-0.4, -0.2) is 19.0 Å². The number of anilines is 1. The van der Waals surface area contributed by atoms with Crippen LogP contribution in [0, 0.1) is 5.82 Å². The second-order valence-corrected chi connectivity index (χ2v) is 6.45. The van der Waals surface area contributed by atoms with Crippen molar-refractivity contribution < 1.29 is 23.5 Å². The van der Waals surface area contributed by atoms with E-state index in [4.69, 9.17) is 21.1 Å². The smallest absolute Gasteiger partial charge is 0.339 e. The molecule has 0 fully saturated rings. The van der Waals surface area contributed by atoms with E-state index in [-0.39, 0.29) is 5.56 Å². The van der Waals surface area contributed by atoms with Crippen molar-refractivity contribution in [2.75, 3.05) is 12.4 Å². The van der Waals surface area contributed by atoms with Crippen LogP contribution >= 0.6 is 11.6 Å². The minimum Gasteiger partial charge on any atom is -0.495 e. The van der Waals surface area contributed by atoms with Crippen LogP contribution in [-0.2, 0) is 9.53 Å². The first-order valence-electron chi connectivity index (χ1n) is 8.64. The summed E-state index contributed by atoms with van der Waals surface area (Å²) in [6.45, 7) is 0. The molecule has 0 aliphatic heterocycles. The maximum atomic E-state index is 13.4.